The number of aromatic nitrogens is 2. The summed E-state index contributed by atoms with van der Waals surface area (Å²) in [7, 11) is 0. The normalized spacial score (nSPS) is 9.75. The van der Waals surface area contributed by atoms with E-state index in [1.165, 1.54) is 0 Å². The van der Waals surface area contributed by atoms with Crippen LogP contribution in [0.3, 0.4) is 0 Å². The molecule has 0 saturated carbocycles. The lowest BCUT2D eigenvalue weighted by atomic mass is 10.4. The van der Waals surface area contributed by atoms with Crippen molar-refractivity contribution in [2.75, 3.05) is 11.5 Å². The predicted molar refractivity (Wildman–Crippen MR) is 42.5 cm³/mol. The molecule has 0 amide bonds. The van der Waals surface area contributed by atoms with Gasteiger partial charge in [-0.15, -0.1) is 0 Å². The van der Waals surface area contributed by atoms with Crippen LogP contribution in [0.15, 0.2) is 0 Å². The second kappa shape index (κ2) is 2.78. The van der Waals surface area contributed by atoms with Crippen molar-refractivity contribution in [3.8, 4) is 0 Å². The van der Waals surface area contributed by atoms with Crippen LogP contribution in [0.5, 0.6) is 0 Å². The van der Waals surface area contributed by atoms with Crippen molar-refractivity contribution in [2.45, 2.75) is 0 Å². The molecule has 0 unspecified atom stereocenters. The molecule has 7 nitrogen and oxygen atoms in total. The van der Waals surface area contributed by atoms with Crippen LogP contribution in [-0.4, -0.2) is 14.9 Å². The number of hydrogen-bond acceptors (Lipinski definition) is 6. The van der Waals surface area contributed by atoms with Crippen molar-refractivity contribution < 1.29 is 4.92 Å². The van der Waals surface area contributed by atoms with Gasteiger partial charge in [-0.1, -0.05) is 0 Å². The van der Waals surface area contributed by atoms with E-state index in [0.29, 0.717) is 0 Å². The Morgan fingerprint density at radius 2 is 1.75 bits per heavy atom. The molecule has 1 aromatic rings. The van der Waals surface area contributed by atoms with Crippen LogP contribution in [0.2, 0.25) is 5.28 Å². The SMILES string of the molecule is Nc1nc(Cl)nc(N)c1[N+](=O)[O-]. The van der Waals surface area contributed by atoms with E-state index < -0.39 is 10.6 Å². The van der Waals surface area contributed by atoms with Crippen LogP contribution in [0.4, 0.5) is 17.3 Å². The number of nitro groups is 1. The summed E-state index contributed by atoms with van der Waals surface area (Å²) in [6, 6.07) is 0. The first-order valence-electron chi connectivity index (χ1n) is 2.75. The molecule has 0 aliphatic heterocycles. The Balaban J connectivity index is 3.38. The highest BCUT2D eigenvalue weighted by Gasteiger charge is 2.19. The van der Waals surface area contributed by atoms with Gasteiger partial charge in [-0.05, 0) is 11.6 Å². The first kappa shape index (κ1) is 8.47. The smallest absolute Gasteiger partial charge is 0.352 e. The van der Waals surface area contributed by atoms with Crippen molar-refractivity contribution >= 4 is 28.9 Å². The Labute approximate surface area is 71.5 Å². The van der Waals surface area contributed by atoms with E-state index in [1.54, 1.807) is 0 Å². The third-order valence-corrected chi connectivity index (χ3v) is 1.26. The first-order chi connectivity index (χ1) is 5.52. The minimum Gasteiger partial charge on any atom is -0.378 e. The zero-order valence-corrected chi connectivity index (χ0v) is 6.45. The Bertz CT molecular complexity index is 317. The lowest BCUT2D eigenvalue weighted by Gasteiger charge is -1.98. The Morgan fingerprint density at radius 3 is 2.08 bits per heavy atom. The van der Waals surface area contributed by atoms with Gasteiger partial charge in [0.25, 0.3) is 0 Å². The van der Waals surface area contributed by atoms with Crippen molar-refractivity contribution in [1.29, 1.82) is 0 Å². The lowest BCUT2D eigenvalue weighted by molar-refractivity contribution is -0.383. The fourth-order valence-corrected chi connectivity index (χ4v) is 0.830. The zero-order chi connectivity index (χ0) is 9.30. The number of nitrogens with zero attached hydrogens (tertiary/aromatic N) is 3. The fourth-order valence-electron chi connectivity index (χ4n) is 0.648. The van der Waals surface area contributed by atoms with E-state index in [1.807, 2.05) is 0 Å². The van der Waals surface area contributed by atoms with Crippen LogP contribution < -0.4 is 11.5 Å². The average molecular weight is 190 g/mol. The summed E-state index contributed by atoms with van der Waals surface area (Å²) in [5.74, 6) is -0.671. The van der Waals surface area contributed by atoms with Crippen molar-refractivity contribution in [1.82, 2.24) is 9.97 Å². The van der Waals surface area contributed by atoms with Gasteiger partial charge in [-0.25, -0.2) is 0 Å². The van der Waals surface area contributed by atoms with Gasteiger partial charge >= 0.3 is 5.69 Å². The topological polar surface area (TPSA) is 121 Å². The molecule has 0 aromatic carbocycles. The zero-order valence-electron chi connectivity index (χ0n) is 5.69. The summed E-state index contributed by atoms with van der Waals surface area (Å²) in [5, 5.41) is 10.1. The molecule has 8 heteroatoms. The Morgan fingerprint density at radius 1 is 1.33 bits per heavy atom. The van der Waals surface area contributed by atoms with Gasteiger partial charge in [-0.2, -0.15) is 9.97 Å². The van der Waals surface area contributed by atoms with Gasteiger partial charge in [0.2, 0.25) is 16.9 Å². The molecule has 1 aromatic heterocycles. The summed E-state index contributed by atoms with van der Waals surface area (Å²) in [5.41, 5.74) is 9.82. The van der Waals surface area contributed by atoms with E-state index >= 15 is 0 Å². The number of nitrogens with two attached hydrogens (primary N) is 2. The minimum absolute atomic E-state index is 0.212. The van der Waals surface area contributed by atoms with Crippen LogP contribution in [0.1, 0.15) is 0 Å². The molecule has 4 N–H and O–H groups in total. The largest absolute Gasteiger partial charge is 0.378 e. The second-order valence-electron chi connectivity index (χ2n) is 1.87. The summed E-state index contributed by atoms with van der Waals surface area (Å²) in [6.07, 6.45) is 0. The molecule has 1 heterocycles. The molecule has 0 saturated heterocycles. The monoisotopic (exact) mass is 189 g/mol. The van der Waals surface area contributed by atoms with Gasteiger partial charge in [0.05, 0.1) is 4.92 Å². The van der Waals surface area contributed by atoms with Gasteiger partial charge in [-0.3, -0.25) is 10.1 Å². The first-order valence-corrected chi connectivity index (χ1v) is 3.13. The molecule has 12 heavy (non-hydrogen) atoms. The van der Waals surface area contributed by atoms with Crippen LogP contribution in [0.25, 0.3) is 0 Å². The van der Waals surface area contributed by atoms with E-state index in [4.69, 9.17) is 23.1 Å². The molecule has 0 aliphatic carbocycles. The molecule has 0 spiro atoms. The standard InChI is InChI=1S/C4H4ClN5O2/c5-4-8-2(6)1(10(11)12)3(7)9-4/h(H4,6,7,8,9). The second-order valence-corrected chi connectivity index (χ2v) is 2.21. The molecule has 0 atom stereocenters. The Hall–Kier alpha value is -1.63. The summed E-state index contributed by atoms with van der Waals surface area (Å²) in [6.45, 7) is 0. The average Bonchev–Trinajstić information content (AvgIpc) is 1.82. The maximum atomic E-state index is 10.3. The summed E-state index contributed by atoms with van der Waals surface area (Å²) >= 11 is 5.32. The molecule has 64 valence electrons. The van der Waals surface area contributed by atoms with Crippen LogP contribution in [-0.2, 0) is 0 Å². The maximum Gasteiger partial charge on any atom is 0.352 e. The van der Waals surface area contributed by atoms with E-state index in [9.17, 15) is 10.1 Å². The highest BCUT2D eigenvalue weighted by atomic mass is 35.5. The van der Waals surface area contributed by atoms with Crippen LogP contribution in [0, 0.1) is 10.1 Å². The number of anilines is 2. The molecule has 1 rings (SSSR count). The van der Waals surface area contributed by atoms with Crippen molar-refractivity contribution in [3.63, 3.8) is 0 Å². The summed E-state index contributed by atoms with van der Waals surface area (Å²) in [4.78, 5) is 16.2. The number of halogens is 1. The van der Waals surface area contributed by atoms with Crippen LogP contribution >= 0.6 is 11.6 Å². The van der Waals surface area contributed by atoms with Gasteiger partial charge in [0.1, 0.15) is 0 Å². The van der Waals surface area contributed by atoms with Gasteiger partial charge < -0.3 is 11.5 Å². The lowest BCUT2D eigenvalue weighted by Crippen LogP contribution is -2.05. The van der Waals surface area contributed by atoms with E-state index in [0.717, 1.165) is 0 Å². The number of hydrogen-bond donors (Lipinski definition) is 2. The molecule has 0 fully saturated rings. The highest BCUT2D eigenvalue weighted by Crippen LogP contribution is 2.25. The highest BCUT2D eigenvalue weighted by molar-refractivity contribution is 6.28. The summed E-state index contributed by atoms with van der Waals surface area (Å²) < 4.78 is 0. The predicted octanol–water partition coefficient (Wildman–Crippen LogP) is 0.203. The van der Waals surface area contributed by atoms with Crippen molar-refractivity contribution in [2.24, 2.45) is 0 Å². The Kier molecular flexibility index (Phi) is 1.96. The molecule has 0 aliphatic rings. The van der Waals surface area contributed by atoms with Crippen molar-refractivity contribution in [3.05, 3.63) is 15.4 Å². The molecule has 0 radical (unpaired) electrons. The molecule has 0 bridgehead atoms. The third kappa shape index (κ3) is 1.35. The van der Waals surface area contributed by atoms with E-state index in [-0.39, 0.29) is 16.9 Å². The third-order valence-electron chi connectivity index (χ3n) is 1.09. The van der Waals surface area contributed by atoms with E-state index in [2.05, 4.69) is 9.97 Å². The fraction of sp³-hybridized carbons (Fsp3) is 0. The van der Waals surface area contributed by atoms with Gasteiger partial charge in [0, 0.05) is 0 Å². The van der Waals surface area contributed by atoms with Gasteiger partial charge in [0.15, 0.2) is 0 Å². The molecular formula is C4H4ClN5O2. The maximum absolute atomic E-state index is 10.3. The number of nitrogen functional groups attached to an aromatic ring is 2. The minimum atomic E-state index is -0.763. The molecular weight excluding hydrogens is 186 g/mol. The number of rotatable bonds is 1. The quantitative estimate of drug-likeness (QED) is 0.370.